The first-order valence-corrected chi connectivity index (χ1v) is 8.04. The molecule has 1 atom stereocenters. The minimum atomic E-state index is -1.07. The molecule has 1 aromatic heterocycles. The Bertz CT molecular complexity index is 577. The summed E-state index contributed by atoms with van der Waals surface area (Å²) >= 11 is 1.62. The second kappa shape index (κ2) is 6.87. The molecule has 0 aliphatic rings. The van der Waals surface area contributed by atoms with E-state index in [9.17, 15) is 9.90 Å². The summed E-state index contributed by atoms with van der Waals surface area (Å²) in [6.45, 7) is 4.41. The second-order valence-corrected chi connectivity index (χ2v) is 6.34. The zero-order chi connectivity index (χ0) is 15.3. The van der Waals surface area contributed by atoms with Crippen LogP contribution in [0, 0.1) is 0 Å². The lowest BCUT2D eigenvalue weighted by molar-refractivity contribution is -0.144. The van der Waals surface area contributed by atoms with Gasteiger partial charge in [0, 0.05) is 11.4 Å². The van der Waals surface area contributed by atoms with Gasteiger partial charge < -0.3 is 5.11 Å². The summed E-state index contributed by atoms with van der Waals surface area (Å²) in [5, 5.41) is 14.8. The van der Waals surface area contributed by atoms with Crippen molar-refractivity contribution in [3.63, 3.8) is 0 Å². The highest BCUT2D eigenvalue weighted by atomic mass is 32.1. The van der Waals surface area contributed by atoms with Gasteiger partial charge >= 0.3 is 5.97 Å². The average molecular weight is 303 g/mol. The van der Waals surface area contributed by atoms with Gasteiger partial charge in [-0.15, -0.1) is 11.3 Å². The van der Waals surface area contributed by atoms with Crippen LogP contribution in [0.5, 0.6) is 0 Å². The topological polar surface area (TPSA) is 49.3 Å². The fraction of sp³-hybridized carbons (Fsp3) is 0.353. The molecule has 0 fully saturated rings. The maximum absolute atomic E-state index is 11.7. The normalized spacial score (nSPS) is 13.8. The Labute approximate surface area is 129 Å². The Hall–Kier alpha value is -1.65. The molecule has 0 saturated carbocycles. The first kappa shape index (κ1) is 15.7. The molecule has 2 rings (SSSR count). The van der Waals surface area contributed by atoms with Crippen molar-refractivity contribution in [2.24, 2.45) is 0 Å². The lowest BCUT2D eigenvalue weighted by Gasteiger charge is -2.27. The van der Waals surface area contributed by atoms with Gasteiger partial charge in [0.2, 0.25) is 0 Å². The monoisotopic (exact) mass is 303 g/mol. The molecule has 1 heterocycles. The number of aliphatic carboxylic acids is 1. The SMILES string of the molecule is CCCc1ccc(C(C)(NCc2cccs2)C(=O)O)cc1. The van der Waals surface area contributed by atoms with Gasteiger partial charge in [0.15, 0.2) is 0 Å². The van der Waals surface area contributed by atoms with Crippen molar-refractivity contribution in [2.75, 3.05) is 0 Å². The molecule has 0 radical (unpaired) electrons. The Morgan fingerprint density at radius 2 is 2.00 bits per heavy atom. The zero-order valence-corrected chi connectivity index (χ0v) is 13.2. The Kier molecular flexibility index (Phi) is 5.15. The van der Waals surface area contributed by atoms with E-state index < -0.39 is 11.5 Å². The Morgan fingerprint density at radius 1 is 1.29 bits per heavy atom. The number of hydrogen-bond donors (Lipinski definition) is 2. The van der Waals surface area contributed by atoms with Crippen LogP contribution in [0.25, 0.3) is 0 Å². The second-order valence-electron chi connectivity index (χ2n) is 5.31. The third kappa shape index (κ3) is 3.71. The van der Waals surface area contributed by atoms with E-state index in [1.165, 1.54) is 5.56 Å². The molecule has 4 heteroatoms. The number of aryl methyl sites for hydroxylation is 1. The van der Waals surface area contributed by atoms with Gasteiger partial charge in [-0.2, -0.15) is 0 Å². The molecule has 1 aromatic carbocycles. The first-order chi connectivity index (χ1) is 10.1. The maximum Gasteiger partial charge on any atom is 0.328 e. The fourth-order valence-electron chi connectivity index (χ4n) is 2.27. The number of carboxylic acids is 1. The van der Waals surface area contributed by atoms with Crippen LogP contribution in [0.2, 0.25) is 0 Å². The number of carboxylic acid groups (broad SMARTS) is 1. The third-order valence-corrected chi connectivity index (χ3v) is 4.57. The smallest absolute Gasteiger partial charge is 0.328 e. The van der Waals surface area contributed by atoms with Gasteiger partial charge in [-0.1, -0.05) is 43.7 Å². The van der Waals surface area contributed by atoms with Gasteiger partial charge in [0.1, 0.15) is 5.54 Å². The van der Waals surface area contributed by atoms with Crippen LogP contribution >= 0.6 is 11.3 Å². The van der Waals surface area contributed by atoms with Crippen molar-refractivity contribution < 1.29 is 9.90 Å². The van der Waals surface area contributed by atoms with Crippen LogP contribution < -0.4 is 5.32 Å². The molecule has 0 bridgehead atoms. The molecule has 1 unspecified atom stereocenters. The fourth-order valence-corrected chi connectivity index (χ4v) is 2.92. The van der Waals surface area contributed by atoms with Gasteiger partial charge in [-0.05, 0) is 35.9 Å². The number of rotatable bonds is 7. The molecular weight excluding hydrogens is 282 g/mol. The molecule has 2 N–H and O–H groups in total. The molecule has 112 valence electrons. The summed E-state index contributed by atoms with van der Waals surface area (Å²) in [6.07, 6.45) is 2.11. The van der Waals surface area contributed by atoms with E-state index in [-0.39, 0.29) is 0 Å². The summed E-state index contributed by atoms with van der Waals surface area (Å²) < 4.78 is 0. The summed E-state index contributed by atoms with van der Waals surface area (Å²) in [6, 6.07) is 11.9. The van der Waals surface area contributed by atoms with E-state index in [1.54, 1.807) is 18.3 Å². The highest BCUT2D eigenvalue weighted by Gasteiger charge is 2.34. The predicted molar refractivity (Wildman–Crippen MR) is 86.6 cm³/mol. The van der Waals surface area contributed by atoms with E-state index >= 15 is 0 Å². The summed E-state index contributed by atoms with van der Waals surface area (Å²) in [7, 11) is 0. The van der Waals surface area contributed by atoms with Crippen LogP contribution in [0.15, 0.2) is 41.8 Å². The van der Waals surface area contributed by atoms with Gasteiger partial charge in [-0.3, -0.25) is 5.32 Å². The molecule has 0 aliphatic heterocycles. The zero-order valence-electron chi connectivity index (χ0n) is 12.4. The quantitative estimate of drug-likeness (QED) is 0.818. The Balaban J connectivity index is 2.18. The van der Waals surface area contributed by atoms with Gasteiger partial charge in [0.25, 0.3) is 0 Å². The summed E-state index contributed by atoms with van der Waals surface area (Å²) in [4.78, 5) is 12.9. The lowest BCUT2D eigenvalue weighted by Crippen LogP contribution is -2.46. The minimum Gasteiger partial charge on any atom is -0.480 e. The molecule has 0 amide bonds. The lowest BCUT2D eigenvalue weighted by atomic mass is 9.91. The van der Waals surface area contributed by atoms with Crippen LogP contribution in [0.4, 0.5) is 0 Å². The molecule has 3 nitrogen and oxygen atoms in total. The molecule has 0 saturated heterocycles. The maximum atomic E-state index is 11.7. The first-order valence-electron chi connectivity index (χ1n) is 7.16. The van der Waals surface area contributed by atoms with Crippen molar-refractivity contribution in [1.82, 2.24) is 5.32 Å². The van der Waals surface area contributed by atoms with Crippen LogP contribution in [-0.4, -0.2) is 11.1 Å². The van der Waals surface area contributed by atoms with Crippen molar-refractivity contribution >= 4 is 17.3 Å². The van der Waals surface area contributed by atoms with E-state index in [1.807, 2.05) is 41.8 Å². The van der Waals surface area contributed by atoms with Crippen molar-refractivity contribution in [1.29, 1.82) is 0 Å². The number of carbonyl (C=O) groups is 1. The highest BCUT2D eigenvalue weighted by molar-refractivity contribution is 7.09. The van der Waals surface area contributed by atoms with Crippen molar-refractivity contribution in [3.8, 4) is 0 Å². The standard InChI is InChI=1S/C17H21NO2S/c1-3-5-13-7-9-14(10-8-13)17(2,16(19)20)18-12-15-6-4-11-21-15/h4,6-11,18H,3,5,12H2,1-2H3,(H,19,20). The molecule has 2 aromatic rings. The largest absolute Gasteiger partial charge is 0.480 e. The van der Waals surface area contributed by atoms with Crippen molar-refractivity contribution in [2.45, 2.75) is 38.8 Å². The van der Waals surface area contributed by atoms with Gasteiger partial charge in [-0.25, -0.2) is 4.79 Å². The highest BCUT2D eigenvalue weighted by Crippen LogP contribution is 2.23. The van der Waals surface area contributed by atoms with Crippen LogP contribution in [0.3, 0.4) is 0 Å². The summed E-state index contributed by atoms with van der Waals surface area (Å²) in [5.41, 5.74) is 0.952. The van der Waals surface area contributed by atoms with E-state index in [0.717, 1.165) is 23.3 Å². The average Bonchev–Trinajstić information content (AvgIpc) is 2.99. The molecule has 0 spiro atoms. The van der Waals surface area contributed by atoms with E-state index in [4.69, 9.17) is 0 Å². The Morgan fingerprint density at radius 3 is 2.52 bits per heavy atom. The molecule has 21 heavy (non-hydrogen) atoms. The summed E-state index contributed by atoms with van der Waals surface area (Å²) in [5.74, 6) is -0.859. The third-order valence-electron chi connectivity index (χ3n) is 3.69. The van der Waals surface area contributed by atoms with E-state index in [2.05, 4.69) is 12.2 Å². The van der Waals surface area contributed by atoms with E-state index in [0.29, 0.717) is 6.54 Å². The minimum absolute atomic E-state index is 0.553. The molecular formula is C17H21NO2S. The van der Waals surface area contributed by atoms with Crippen LogP contribution in [-0.2, 0) is 23.3 Å². The number of thiophene rings is 1. The predicted octanol–water partition coefficient (Wildman–Crippen LogP) is 3.79. The number of benzene rings is 1. The van der Waals surface area contributed by atoms with Crippen molar-refractivity contribution in [3.05, 3.63) is 57.8 Å². The molecule has 0 aliphatic carbocycles. The van der Waals surface area contributed by atoms with Crippen LogP contribution in [0.1, 0.15) is 36.3 Å². The van der Waals surface area contributed by atoms with Gasteiger partial charge in [0.05, 0.1) is 0 Å². The number of nitrogens with one attached hydrogen (secondary N) is 1. The number of hydrogen-bond acceptors (Lipinski definition) is 3.